The zero-order valence-corrected chi connectivity index (χ0v) is 22.9. The minimum Gasteiger partial charge on any atom is -0.491 e. The lowest BCUT2D eigenvalue weighted by atomic mass is 9.78. The number of nitrogens with zero attached hydrogens (tertiary/aromatic N) is 1. The van der Waals surface area contributed by atoms with Gasteiger partial charge in [-0.05, 0) is 35.4 Å². The first-order chi connectivity index (χ1) is 16.4. The summed E-state index contributed by atoms with van der Waals surface area (Å²) in [6, 6.07) is 11.1. The standard InChI is InChI=1S/C26H32Cl3NO5/c1-16(12-27)14-35-25-23(28)10-20(11-24(25)29)26(4,5)19-6-8-22(9-7-19)34-15-21(33)13-30(17(2)31)18(3)32/h6-11,16,21,33H,12-15H2,1-5H3/t16-,21+/m1/s1. The first kappa shape index (κ1) is 29.2. The fourth-order valence-electron chi connectivity index (χ4n) is 3.40. The van der Waals surface area contributed by atoms with Gasteiger partial charge in [0.15, 0.2) is 5.75 Å². The normalized spacial score (nSPS) is 13.2. The molecular weight excluding hydrogens is 513 g/mol. The second-order valence-corrected chi connectivity index (χ2v) is 10.2. The minimum absolute atomic E-state index is 0.0607. The zero-order chi connectivity index (χ0) is 26.3. The molecule has 6 nitrogen and oxygen atoms in total. The molecule has 9 heteroatoms. The zero-order valence-electron chi connectivity index (χ0n) is 20.6. The van der Waals surface area contributed by atoms with Crippen LogP contribution < -0.4 is 9.47 Å². The molecule has 0 unspecified atom stereocenters. The van der Waals surface area contributed by atoms with E-state index in [0.29, 0.717) is 34.0 Å². The molecule has 0 bridgehead atoms. The van der Waals surface area contributed by atoms with Crippen LogP contribution in [0.4, 0.5) is 0 Å². The molecule has 0 spiro atoms. The van der Waals surface area contributed by atoms with Crippen molar-refractivity contribution in [2.75, 3.05) is 25.6 Å². The quantitative estimate of drug-likeness (QED) is 0.367. The summed E-state index contributed by atoms with van der Waals surface area (Å²) >= 11 is 18.8. The van der Waals surface area contributed by atoms with E-state index in [1.165, 1.54) is 13.8 Å². The van der Waals surface area contributed by atoms with Gasteiger partial charge >= 0.3 is 0 Å². The first-order valence-electron chi connectivity index (χ1n) is 11.2. The molecule has 0 heterocycles. The summed E-state index contributed by atoms with van der Waals surface area (Å²) in [5.41, 5.74) is 1.50. The molecule has 0 aromatic heterocycles. The van der Waals surface area contributed by atoms with Crippen molar-refractivity contribution in [2.45, 2.75) is 46.1 Å². The van der Waals surface area contributed by atoms with Gasteiger partial charge < -0.3 is 14.6 Å². The summed E-state index contributed by atoms with van der Waals surface area (Å²) in [7, 11) is 0. The number of hydrogen-bond donors (Lipinski definition) is 1. The van der Waals surface area contributed by atoms with Crippen molar-refractivity contribution in [1.82, 2.24) is 4.90 Å². The Labute approximate surface area is 222 Å². The summed E-state index contributed by atoms with van der Waals surface area (Å²) < 4.78 is 11.4. The van der Waals surface area contributed by atoms with Crippen molar-refractivity contribution in [1.29, 1.82) is 0 Å². The van der Waals surface area contributed by atoms with E-state index in [2.05, 4.69) is 13.8 Å². The molecule has 0 saturated heterocycles. The number of benzene rings is 2. The van der Waals surface area contributed by atoms with E-state index >= 15 is 0 Å². The Bertz CT molecular complexity index is 989. The maximum atomic E-state index is 11.5. The van der Waals surface area contributed by atoms with Gasteiger partial charge in [-0.1, -0.05) is 56.1 Å². The van der Waals surface area contributed by atoms with Gasteiger partial charge in [0.2, 0.25) is 11.8 Å². The monoisotopic (exact) mass is 543 g/mol. The molecular formula is C26H32Cl3NO5. The van der Waals surface area contributed by atoms with Gasteiger partial charge in [-0.25, -0.2) is 0 Å². The van der Waals surface area contributed by atoms with Gasteiger partial charge in [0.05, 0.1) is 23.2 Å². The largest absolute Gasteiger partial charge is 0.491 e. The smallest absolute Gasteiger partial charge is 0.226 e. The molecule has 2 rings (SSSR count). The molecule has 0 aliphatic carbocycles. The number of hydrogen-bond acceptors (Lipinski definition) is 5. The van der Waals surface area contributed by atoms with E-state index in [9.17, 15) is 14.7 Å². The van der Waals surface area contributed by atoms with E-state index in [1.807, 2.05) is 31.2 Å². The molecule has 0 aliphatic heterocycles. The molecule has 35 heavy (non-hydrogen) atoms. The SMILES string of the molecule is CC(=O)N(C[C@H](O)COc1ccc(C(C)(C)c2cc(Cl)c(OC[C@H](C)CCl)c(Cl)c2)cc1)C(C)=O. The third-order valence-electron chi connectivity index (χ3n) is 5.67. The Kier molecular flexibility index (Phi) is 10.7. The lowest BCUT2D eigenvalue weighted by molar-refractivity contribution is -0.144. The van der Waals surface area contributed by atoms with E-state index in [4.69, 9.17) is 44.3 Å². The number of halogens is 3. The van der Waals surface area contributed by atoms with E-state index < -0.39 is 23.3 Å². The van der Waals surface area contributed by atoms with Crippen LogP contribution in [0, 0.1) is 5.92 Å². The third kappa shape index (κ3) is 8.01. The molecule has 0 fully saturated rings. The highest BCUT2D eigenvalue weighted by atomic mass is 35.5. The number of imide groups is 1. The lowest BCUT2D eigenvalue weighted by Crippen LogP contribution is -2.41. The fourth-order valence-corrected chi connectivity index (χ4v) is 4.08. The Morgan fingerprint density at radius 1 is 0.971 bits per heavy atom. The topological polar surface area (TPSA) is 76.1 Å². The van der Waals surface area contributed by atoms with Gasteiger partial charge in [-0.15, -0.1) is 11.6 Å². The highest BCUT2D eigenvalue weighted by Gasteiger charge is 2.26. The summed E-state index contributed by atoms with van der Waals surface area (Å²) in [5, 5.41) is 11.0. The van der Waals surface area contributed by atoms with Crippen molar-refractivity contribution in [3.05, 3.63) is 57.6 Å². The molecule has 0 radical (unpaired) electrons. The average Bonchev–Trinajstić information content (AvgIpc) is 2.80. The average molecular weight is 545 g/mol. The maximum Gasteiger partial charge on any atom is 0.226 e. The van der Waals surface area contributed by atoms with Crippen molar-refractivity contribution in [3.8, 4) is 11.5 Å². The van der Waals surface area contributed by atoms with Gasteiger partial charge in [0, 0.05) is 31.1 Å². The van der Waals surface area contributed by atoms with Gasteiger partial charge in [0.1, 0.15) is 18.5 Å². The van der Waals surface area contributed by atoms with Crippen LogP contribution in [0.2, 0.25) is 10.0 Å². The van der Waals surface area contributed by atoms with Crippen molar-refractivity contribution >= 4 is 46.6 Å². The minimum atomic E-state index is -1.00. The summed E-state index contributed by atoms with van der Waals surface area (Å²) in [4.78, 5) is 24.0. The Morgan fingerprint density at radius 3 is 2.00 bits per heavy atom. The summed E-state index contributed by atoms with van der Waals surface area (Å²) in [5.74, 6) is 0.799. The number of ether oxygens (including phenoxy) is 2. The van der Waals surface area contributed by atoms with Crippen LogP contribution in [0.25, 0.3) is 0 Å². The Hall–Kier alpha value is -1.99. The number of alkyl halides is 1. The number of rotatable bonds is 11. The van der Waals surface area contributed by atoms with Gasteiger partial charge in [-0.2, -0.15) is 0 Å². The molecule has 2 amide bonds. The van der Waals surface area contributed by atoms with Crippen LogP contribution in [-0.4, -0.2) is 53.6 Å². The van der Waals surface area contributed by atoms with E-state index in [-0.39, 0.29) is 19.1 Å². The fraction of sp³-hybridized carbons (Fsp3) is 0.462. The number of aliphatic hydroxyl groups excluding tert-OH is 1. The lowest BCUT2D eigenvalue weighted by Gasteiger charge is -2.27. The molecule has 2 atom stereocenters. The van der Waals surface area contributed by atoms with E-state index in [0.717, 1.165) is 16.0 Å². The predicted octanol–water partition coefficient (Wildman–Crippen LogP) is 5.71. The second-order valence-electron chi connectivity index (χ2n) is 9.10. The van der Waals surface area contributed by atoms with Crippen LogP contribution in [0.5, 0.6) is 11.5 Å². The second kappa shape index (κ2) is 12.8. The molecule has 2 aromatic carbocycles. The van der Waals surface area contributed by atoms with Crippen LogP contribution in [0.15, 0.2) is 36.4 Å². The first-order valence-corrected chi connectivity index (χ1v) is 12.5. The molecule has 0 saturated carbocycles. The molecule has 0 aliphatic rings. The highest BCUT2D eigenvalue weighted by molar-refractivity contribution is 6.37. The third-order valence-corrected chi connectivity index (χ3v) is 6.76. The van der Waals surface area contributed by atoms with Crippen LogP contribution in [-0.2, 0) is 15.0 Å². The maximum absolute atomic E-state index is 11.5. The Balaban J connectivity index is 2.09. The summed E-state index contributed by atoms with van der Waals surface area (Å²) in [6.45, 7) is 8.88. The van der Waals surface area contributed by atoms with Gasteiger partial charge in [0.25, 0.3) is 0 Å². The van der Waals surface area contributed by atoms with E-state index in [1.54, 1.807) is 12.1 Å². The van der Waals surface area contributed by atoms with Crippen molar-refractivity contribution in [3.63, 3.8) is 0 Å². The van der Waals surface area contributed by atoms with Crippen LogP contribution >= 0.6 is 34.8 Å². The highest BCUT2D eigenvalue weighted by Crippen LogP contribution is 2.40. The van der Waals surface area contributed by atoms with Crippen molar-refractivity contribution < 1.29 is 24.2 Å². The molecule has 192 valence electrons. The molecule has 2 aromatic rings. The summed E-state index contributed by atoms with van der Waals surface area (Å²) in [6.07, 6.45) is -1.00. The molecule has 1 N–H and O–H groups in total. The van der Waals surface area contributed by atoms with Crippen molar-refractivity contribution in [2.24, 2.45) is 5.92 Å². The number of aliphatic hydroxyl groups is 1. The number of amides is 2. The van der Waals surface area contributed by atoms with Gasteiger partial charge in [-0.3, -0.25) is 14.5 Å². The Morgan fingerprint density at radius 2 is 1.51 bits per heavy atom. The predicted molar refractivity (Wildman–Crippen MR) is 140 cm³/mol. The number of carbonyl (C=O) groups excluding carboxylic acids is 2. The van der Waals surface area contributed by atoms with Crippen LogP contribution in [0.3, 0.4) is 0 Å². The number of carbonyl (C=O) groups is 2. The van der Waals surface area contributed by atoms with Crippen LogP contribution in [0.1, 0.15) is 45.7 Å².